The van der Waals surface area contributed by atoms with Crippen molar-refractivity contribution in [2.45, 2.75) is 33.2 Å². The molecule has 1 aromatic carbocycles. The average molecular weight is 221 g/mol. The summed E-state index contributed by atoms with van der Waals surface area (Å²) >= 11 is 0. The first-order valence-electron chi connectivity index (χ1n) is 5.67. The molecule has 0 aromatic heterocycles. The van der Waals surface area contributed by atoms with Crippen molar-refractivity contribution in [2.24, 2.45) is 0 Å². The summed E-state index contributed by atoms with van der Waals surface area (Å²) in [6.45, 7) is 6.28. The molecule has 0 bridgehead atoms. The van der Waals surface area contributed by atoms with E-state index in [9.17, 15) is 4.79 Å². The van der Waals surface area contributed by atoms with Crippen LogP contribution in [0.3, 0.4) is 0 Å². The van der Waals surface area contributed by atoms with Gasteiger partial charge in [-0.15, -0.1) is 0 Å². The van der Waals surface area contributed by atoms with Gasteiger partial charge in [-0.1, -0.05) is 36.8 Å². The van der Waals surface area contributed by atoms with Gasteiger partial charge >= 0.3 is 6.09 Å². The van der Waals surface area contributed by atoms with E-state index >= 15 is 0 Å². The van der Waals surface area contributed by atoms with Crippen molar-refractivity contribution >= 4 is 6.09 Å². The van der Waals surface area contributed by atoms with Crippen LogP contribution in [0.4, 0.5) is 4.79 Å². The zero-order valence-electron chi connectivity index (χ0n) is 10.1. The van der Waals surface area contributed by atoms with Crippen LogP contribution in [0.2, 0.25) is 0 Å². The standard InChI is InChI=1S/C13H19NO2/c1-4-12(14-13(15)16-5-2)11-8-6-10(3)7-9-11/h6-9,12H,4-5H2,1-3H3,(H,14,15)/t12-/m0/s1. The molecule has 0 saturated carbocycles. The van der Waals surface area contributed by atoms with Crippen molar-refractivity contribution < 1.29 is 9.53 Å². The Morgan fingerprint density at radius 3 is 2.44 bits per heavy atom. The van der Waals surface area contributed by atoms with E-state index in [1.807, 2.05) is 38.1 Å². The Morgan fingerprint density at radius 2 is 1.94 bits per heavy atom. The molecule has 0 unspecified atom stereocenters. The molecule has 3 nitrogen and oxygen atoms in total. The molecule has 0 spiro atoms. The summed E-state index contributed by atoms with van der Waals surface area (Å²) in [4.78, 5) is 11.3. The van der Waals surface area contributed by atoms with E-state index in [0.717, 1.165) is 12.0 Å². The predicted molar refractivity (Wildman–Crippen MR) is 64.4 cm³/mol. The smallest absolute Gasteiger partial charge is 0.407 e. The van der Waals surface area contributed by atoms with Gasteiger partial charge in [0, 0.05) is 0 Å². The highest BCUT2D eigenvalue weighted by Crippen LogP contribution is 2.17. The molecular formula is C13H19NO2. The molecule has 1 aromatic rings. The number of alkyl carbamates (subject to hydrolysis) is 1. The van der Waals surface area contributed by atoms with E-state index in [4.69, 9.17) is 4.74 Å². The minimum atomic E-state index is -0.352. The fourth-order valence-corrected chi connectivity index (χ4v) is 1.53. The molecular weight excluding hydrogens is 202 g/mol. The van der Waals surface area contributed by atoms with Gasteiger partial charge in [-0.3, -0.25) is 0 Å². The maximum absolute atomic E-state index is 11.3. The molecule has 0 aliphatic carbocycles. The van der Waals surface area contributed by atoms with Crippen LogP contribution in [0, 0.1) is 6.92 Å². The van der Waals surface area contributed by atoms with E-state index in [-0.39, 0.29) is 12.1 Å². The number of hydrogen-bond donors (Lipinski definition) is 1. The molecule has 88 valence electrons. The third-order valence-electron chi connectivity index (χ3n) is 2.46. The molecule has 0 saturated heterocycles. The highest BCUT2D eigenvalue weighted by Gasteiger charge is 2.12. The Hall–Kier alpha value is -1.51. The summed E-state index contributed by atoms with van der Waals surface area (Å²) in [5.74, 6) is 0. The number of nitrogens with one attached hydrogen (secondary N) is 1. The van der Waals surface area contributed by atoms with Crippen molar-refractivity contribution in [2.75, 3.05) is 6.61 Å². The third kappa shape index (κ3) is 3.57. The van der Waals surface area contributed by atoms with Crippen molar-refractivity contribution in [3.05, 3.63) is 35.4 Å². The third-order valence-corrected chi connectivity index (χ3v) is 2.46. The molecule has 1 rings (SSSR count). The number of aryl methyl sites for hydroxylation is 1. The van der Waals surface area contributed by atoms with Crippen molar-refractivity contribution in [1.82, 2.24) is 5.32 Å². The van der Waals surface area contributed by atoms with E-state index in [2.05, 4.69) is 5.32 Å². The summed E-state index contributed by atoms with van der Waals surface area (Å²) in [6, 6.07) is 8.20. The minimum Gasteiger partial charge on any atom is -0.450 e. The quantitative estimate of drug-likeness (QED) is 0.848. The largest absolute Gasteiger partial charge is 0.450 e. The first-order chi connectivity index (χ1) is 7.67. The van der Waals surface area contributed by atoms with Gasteiger partial charge in [0.1, 0.15) is 0 Å². The van der Waals surface area contributed by atoms with Crippen LogP contribution in [0.5, 0.6) is 0 Å². The molecule has 0 aliphatic rings. The normalized spacial score (nSPS) is 11.9. The van der Waals surface area contributed by atoms with Crippen LogP contribution in [-0.2, 0) is 4.74 Å². The van der Waals surface area contributed by atoms with Crippen LogP contribution in [-0.4, -0.2) is 12.7 Å². The molecule has 1 amide bonds. The topological polar surface area (TPSA) is 38.3 Å². The van der Waals surface area contributed by atoms with Gasteiger partial charge in [-0.2, -0.15) is 0 Å². The highest BCUT2D eigenvalue weighted by molar-refractivity contribution is 5.67. The highest BCUT2D eigenvalue weighted by atomic mass is 16.5. The number of amides is 1. The van der Waals surface area contributed by atoms with Gasteiger partial charge in [0.15, 0.2) is 0 Å². The van der Waals surface area contributed by atoms with Crippen LogP contribution in [0.15, 0.2) is 24.3 Å². The summed E-state index contributed by atoms with van der Waals surface area (Å²) in [5, 5.41) is 2.84. The van der Waals surface area contributed by atoms with Crippen LogP contribution in [0.1, 0.15) is 37.4 Å². The van der Waals surface area contributed by atoms with Crippen LogP contribution < -0.4 is 5.32 Å². The molecule has 3 heteroatoms. The van der Waals surface area contributed by atoms with Crippen LogP contribution in [0.25, 0.3) is 0 Å². The fourth-order valence-electron chi connectivity index (χ4n) is 1.53. The number of rotatable bonds is 4. The fraction of sp³-hybridized carbons (Fsp3) is 0.462. The molecule has 0 radical (unpaired) electrons. The molecule has 0 heterocycles. The number of ether oxygens (including phenoxy) is 1. The maximum atomic E-state index is 11.3. The first kappa shape index (κ1) is 12.6. The van der Waals surface area contributed by atoms with Gasteiger partial charge in [-0.25, -0.2) is 4.79 Å². The summed E-state index contributed by atoms with van der Waals surface area (Å²) < 4.78 is 4.87. The summed E-state index contributed by atoms with van der Waals surface area (Å²) in [5.41, 5.74) is 2.33. The lowest BCUT2D eigenvalue weighted by Gasteiger charge is -2.17. The zero-order chi connectivity index (χ0) is 12.0. The van der Waals surface area contributed by atoms with Crippen molar-refractivity contribution in [3.63, 3.8) is 0 Å². The van der Waals surface area contributed by atoms with Crippen molar-refractivity contribution in [1.29, 1.82) is 0 Å². The molecule has 0 aliphatic heterocycles. The molecule has 16 heavy (non-hydrogen) atoms. The van der Waals surface area contributed by atoms with Crippen molar-refractivity contribution in [3.8, 4) is 0 Å². The van der Waals surface area contributed by atoms with E-state index in [1.165, 1.54) is 5.56 Å². The second kappa shape index (κ2) is 6.16. The maximum Gasteiger partial charge on any atom is 0.407 e. The monoisotopic (exact) mass is 221 g/mol. The molecule has 1 atom stereocenters. The number of benzene rings is 1. The number of hydrogen-bond acceptors (Lipinski definition) is 2. The lowest BCUT2D eigenvalue weighted by molar-refractivity contribution is 0.147. The lowest BCUT2D eigenvalue weighted by atomic mass is 10.0. The SMILES string of the molecule is CCOC(=O)N[C@@H](CC)c1ccc(C)cc1. The predicted octanol–water partition coefficient (Wildman–Crippen LogP) is 3.19. The summed E-state index contributed by atoms with van der Waals surface area (Å²) in [6.07, 6.45) is 0.497. The number of carbonyl (C=O) groups excluding carboxylic acids is 1. The second-order valence-electron chi connectivity index (χ2n) is 3.74. The van der Waals surface area contributed by atoms with Gasteiger partial charge in [0.2, 0.25) is 0 Å². The lowest BCUT2D eigenvalue weighted by Crippen LogP contribution is -2.28. The molecule has 1 N–H and O–H groups in total. The first-order valence-corrected chi connectivity index (χ1v) is 5.67. The Morgan fingerprint density at radius 1 is 1.31 bits per heavy atom. The number of carbonyl (C=O) groups is 1. The van der Waals surface area contributed by atoms with Gasteiger partial charge in [0.05, 0.1) is 12.6 Å². The van der Waals surface area contributed by atoms with E-state index in [1.54, 1.807) is 6.92 Å². The van der Waals surface area contributed by atoms with E-state index in [0.29, 0.717) is 6.61 Å². The van der Waals surface area contributed by atoms with E-state index < -0.39 is 0 Å². The van der Waals surface area contributed by atoms with Gasteiger partial charge < -0.3 is 10.1 Å². The van der Waals surface area contributed by atoms with Gasteiger partial charge in [-0.05, 0) is 25.8 Å². The Labute approximate surface area is 96.8 Å². The Balaban J connectivity index is 2.67. The minimum absolute atomic E-state index is 0.0275. The zero-order valence-corrected chi connectivity index (χ0v) is 10.1. The average Bonchev–Trinajstić information content (AvgIpc) is 2.27. The van der Waals surface area contributed by atoms with Crippen LogP contribution >= 0.6 is 0 Å². The molecule has 0 fully saturated rings. The Bertz CT molecular complexity index is 332. The summed E-state index contributed by atoms with van der Waals surface area (Å²) in [7, 11) is 0. The second-order valence-corrected chi connectivity index (χ2v) is 3.74. The Kier molecular flexibility index (Phi) is 4.83. The van der Waals surface area contributed by atoms with Gasteiger partial charge in [0.25, 0.3) is 0 Å².